The molecule has 1 fully saturated rings. The van der Waals surface area contributed by atoms with E-state index in [4.69, 9.17) is 0 Å². The van der Waals surface area contributed by atoms with Crippen molar-refractivity contribution in [1.82, 2.24) is 0 Å². The molecule has 2 rings (SSSR count). The van der Waals surface area contributed by atoms with Crippen LogP contribution in [-0.4, -0.2) is 5.11 Å². The van der Waals surface area contributed by atoms with Crippen LogP contribution >= 0.6 is 15.9 Å². The molecule has 1 aromatic carbocycles. The van der Waals surface area contributed by atoms with E-state index in [0.29, 0.717) is 12.8 Å². The molecule has 0 saturated heterocycles. The second-order valence-electron chi connectivity index (χ2n) is 3.63. The highest BCUT2D eigenvalue weighted by atomic mass is 79.9. The molecule has 0 heterocycles. The van der Waals surface area contributed by atoms with Crippen molar-refractivity contribution in [1.29, 1.82) is 0 Å². The quantitative estimate of drug-likeness (QED) is 0.772. The first-order chi connectivity index (χ1) is 6.53. The number of halogens is 3. The van der Waals surface area contributed by atoms with Gasteiger partial charge in [-0.1, -0.05) is 0 Å². The molecule has 76 valence electrons. The van der Waals surface area contributed by atoms with E-state index in [1.54, 1.807) is 0 Å². The van der Waals surface area contributed by atoms with Crippen molar-refractivity contribution < 1.29 is 13.9 Å². The number of benzene rings is 1. The van der Waals surface area contributed by atoms with E-state index in [1.807, 2.05) is 0 Å². The third-order valence-corrected chi connectivity index (χ3v) is 3.30. The minimum atomic E-state index is -1.08. The Morgan fingerprint density at radius 2 is 1.86 bits per heavy atom. The summed E-state index contributed by atoms with van der Waals surface area (Å²) in [5.74, 6) is -1.32. The van der Waals surface area contributed by atoms with Crippen LogP contribution in [0.25, 0.3) is 0 Å². The van der Waals surface area contributed by atoms with Crippen LogP contribution in [0.1, 0.15) is 24.8 Å². The minimum Gasteiger partial charge on any atom is -0.385 e. The van der Waals surface area contributed by atoms with E-state index >= 15 is 0 Å². The molecule has 1 aliphatic rings. The van der Waals surface area contributed by atoms with Crippen LogP contribution in [0.4, 0.5) is 8.78 Å². The molecule has 0 spiro atoms. The summed E-state index contributed by atoms with van der Waals surface area (Å²) in [5.41, 5.74) is -0.891. The smallest absolute Gasteiger partial charge is 0.140 e. The Hall–Kier alpha value is -0.480. The summed E-state index contributed by atoms with van der Waals surface area (Å²) in [5, 5.41) is 9.89. The second-order valence-corrected chi connectivity index (χ2v) is 4.49. The van der Waals surface area contributed by atoms with Gasteiger partial charge in [-0.15, -0.1) is 0 Å². The van der Waals surface area contributed by atoms with Crippen molar-refractivity contribution in [2.24, 2.45) is 0 Å². The maximum atomic E-state index is 13.3. The SMILES string of the molecule is OC1(c2cc(Br)c(F)cc2F)CCC1. The highest BCUT2D eigenvalue weighted by Gasteiger charge is 2.38. The maximum Gasteiger partial charge on any atom is 0.140 e. The Bertz CT molecular complexity index is 375. The van der Waals surface area contributed by atoms with Gasteiger partial charge in [-0.3, -0.25) is 0 Å². The van der Waals surface area contributed by atoms with Gasteiger partial charge in [0.05, 0.1) is 10.1 Å². The van der Waals surface area contributed by atoms with E-state index in [0.717, 1.165) is 12.5 Å². The number of hydrogen-bond donors (Lipinski definition) is 1. The number of rotatable bonds is 1. The van der Waals surface area contributed by atoms with Gasteiger partial charge in [0.2, 0.25) is 0 Å². The molecule has 1 aromatic rings. The molecule has 0 aliphatic heterocycles. The van der Waals surface area contributed by atoms with Gasteiger partial charge < -0.3 is 5.11 Å². The highest BCUT2D eigenvalue weighted by Crippen LogP contribution is 2.43. The molecule has 0 radical (unpaired) electrons. The maximum absolute atomic E-state index is 13.3. The van der Waals surface area contributed by atoms with Gasteiger partial charge in [0.25, 0.3) is 0 Å². The first-order valence-corrected chi connectivity index (χ1v) is 5.20. The van der Waals surface area contributed by atoms with Crippen LogP contribution < -0.4 is 0 Å². The van der Waals surface area contributed by atoms with Crippen molar-refractivity contribution in [3.05, 3.63) is 33.8 Å². The lowest BCUT2D eigenvalue weighted by Gasteiger charge is -2.37. The standard InChI is InChI=1S/C10H9BrF2O/c11-7-4-6(8(12)5-9(7)13)10(14)2-1-3-10/h4-5,14H,1-3H2. The summed E-state index contributed by atoms with van der Waals surface area (Å²) in [7, 11) is 0. The lowest BCUT2D eigenvalue weighted by Crippen LogP contribution is -2.34. The van der Waals surface area contributed by atoms with E-state index < -0.39 is 17.2 Å². The molecule has 0 atom stereocenters. The zero-order valence-electron chi connectivity index (χ0n) is 7.36. The van der Waals surface area contributed by atoms with Crippen LogP contribution in [0.2, 0.25) is 0 Å². The Balaban J connectivity index is 2.48. The van der Waals surface area contributed by atoms with E-state index in [1.165, 1.54) is 6.07 Å². The fourth-order valence-electron chi connectivity index (χ4n) is 1.66. The topological polar surface area (TPSA) is 20.2 Å². The predicted octanol–water partition coefficient (Wildman–Crippen LogP) is 3.10. The van der Waals surface area contributed by atoms with Crippen LogP contribution in [0.15, 0.2) is 16.6 Å². The zero-order chi connectivity index (χ0) is 10.3. The number of aliphatic hydroxyl groups is 1. The monoisotopic (exact) mass is 262 g/mol. The predicted molar refractivity (Wildman–Crippen MR) is 51.8 cm³/mol. The molecule has 0 unspecified atom stereocenters. The Kier molecular flexibility index (Phi) is 2.35. The largest absolute Gasteiger partial charge is 0.385 e. The highest BCUT2D eigenvalue weighted by molar-refractivity contribution is 9.10. The fourth-order valence-corrected chi connectivity index (χ4v) is 2.00. The molecular weight excluding hydrogens is 254 g/mol. The zero-order valence-corrected chi connectivity index (χ0v) is 8.94. The van der Waals surface area contributed by atoms with E-state index in [-0.39, 0.29) is 10.0 Å². The Morgan fingerprint density at radius 3 is 2.36 bits per heavy atom. The average Bonchev–Trinajstić information content (AvgIpc) is 2.07. The van der Waals surface area contributed by atoms with Crippen molar-refractivity contribution in [3.8, 4) is 0 Å². The molecule has 0 bridgehead atoms. The summed E-state index contributed by atoms with van der Waals surface area (Å²) < 4.78 is 26.4. The van der Waals surface area contributed by atoms with Gasteiger partial charge in [0.15, 0.2) is 0 Å². The van der Waals surface area contributed by atoms with Crippen molar-refractivity contribution in [2.75, 3.05) is 0 Å². The molecule has 1 aliphatic carbocycles. The lowest BCUT2D eigenvalue weighted by molar-refractivity contribution is -0.0417. The van der Waals surface area contributed by atoms with Crippen LogP contribution in [0.5, 0.6) is 0 Å². The fraction of sp³-hybridized carbons (Fsp3) is 0.400. The molecule has 1 N–H and O–H groups in total. The Morgan fingerprint density at radius 1 is 1.21 bits per heavy atom. The van der Waals surface area contributed by atoms with Crippen molar-refractivity contribution in [3.63, 3.8) is 0 Å². The molecule has 1 saturated carbocycles. The third-order valence-electron chi connectivity index (χ3n) is 2.69. The summed E-state index contributed by atoms with van der Waals surface area (Å²) in [6, 6.07) is 2.12. The lowest BCUT2D eigenvalue weighted by atomic mass is 9.75. The summed E-state index contributed by atoms with van der Waals surface area (Å²) in [4.78, 5) is 0. The summed E-state index contributed by atoms with van der Waals surface area (Å²) in [6.07, 6.45) is 1.97. The molecular formula is C10H9BrF2O. The van der Waals surface area contributed by atoms with Gasteiger partial charge in [-0.25, -0.2) is 8.78 Å². The van der Waals surface area contributed by atoms with Crippen molar-refractivity contribution >= 4 is 15.9 Å². The van der Waals surface area contributed by atoms with E-state index in [9.17, 15) is 13.9 Å². The average molecular weight is 263 g/mol. The normalized spacial score (nSPS) is 19.1. The molecule has 4 heteroatoms. The van der Waals surface area contributed by atoms with Crippen LogP contribution in [-0.2, 0) is 5.60 Å². The molecule has 14 heavy (non-hydrogen) atoms. The van der Waals surface area contributed by atoms with Gasteiger partial charge in [0, 0.05) is 11.6 Å². The molecule has 0 amide bonds. The minimum absolute atomic E-state index is 0.189. The van der Waals surface area contributed by atoms with E-state index in [2.05, 4.69) is 15.9 Å². The molecule has 0 aromatic heterocycles. The third kappa shape index (κ3) is 1.46. The van der Waals surface area contributed by atoms with Gasteiger partial charge in [-0.05, 0) is 41.3 Å². The van der Waals surface area contributed by atoms with Crippen LogP contribution in [0.3, 0.4) is 0 Å². The first kappa shape index (κ1) is 10.1. The molecule has 1 nitrogen and oxygen atoms in total. The van der Waals surface area contributed by atoms with Crippen molar-refractivity contribution in [2.45, 2.75) is 24.9 Å². The number of hydrogen-bond acceptors (Lipinski definition) is 1. The van der Waals surface area contributed by atoms with Crippen LogP contribution in [0, 0.1) is 11.6 Å². The van der Waals surface area contributed by atoms with Gasteiger partial charge >= 0.3 is 0 Å². The second kappa shape index (κ2) is 3.28. The Labute approximate surface area is 88.9 Å². The van der Waals surface area contributed by atoms with Gasteiger partial charge in [-0.2, -0.15) is 0 Å². The summed E-state index contributed by atoms with van der Waals surface area (Å²) in [6.45, 7) is 0. The summed E-state index contributed by atoms with van der Waals surface area (Å²) >= 11 is 2.97. The van der Waals surface area contributed by atoms with Gasteiger partial charge in [0.1, 0.15) is 11.6 Å². The first-order valence-electron chi connectivity index (χ1n) is 4.40.